The van der Waals surface area contributed by atoms with Crippen LogP contribution in [0.1, 0.15) is 36.9 Å². The number of urea groups is 1. The lowest BCUT2D eigenvalue weighted by atomic mass is 10.0. The minimum Gasteiger partial charge on any atom is -0.357 e. The van der Waals surface area contributed by atoms with Crippen molar-refractivity contribution in [2.24, 2.45) is 0 Å². The molecule has 1 saturated heterocycles. The second-order valence-corrected chi connectivity index (χ2v) is 7.22. The van der Waals surface area contributed by atoms with Crippen LogP contribution in [0.25, 0.3) is 10.9 Å². The minimum absolute atomic E-state index is 0.0390. The van der Waals surface area contributed by atoms with Crippen LogP contribution in [-0.4, -0.2) is 52.9 Å². The van der Waals surface area contributed by atoms with Gasteiger partial charge in [0.25, 0.3) is 0 Å². The van der Waals surface area contributed by atoms with Crippen molar-refractivity contribution in [3.63, 3.8) is 0 Å². The van der Waals surface area contributed by atoms with Gasteiger partial charge in [0.2, 0.25) is 5.91 Å². The highest BCUT2D eigenvalue weighted by Gasteiger charge is 2.23. The summed E-state index contributed by atoms with van der Waals surface area (Å²) in [5.41, 5.74) is 3.61. The summed E-state index contributed by atoms with van der Waals surface area (Å²) in [4.78, 5) is 31.7. The van der Waals surface area contributed by atoms with Crippen molar-refractivity contribution in [2.45, 2.75) is 38.6 Å². The third-order valence-corrected chi connectivity index (χ3v) is 5.47. The molecule has 2 aliphatic heterocycles. The molecule has 0 aliphatic carbocycles. The first-order chi connectivity index (χ1) is 12.7. The zero-order valence-corrected chi connectivity index (χ0v) is 15.1. The van der Waals surface area contributed by atoms with E-state index in [4.69, 9.17) is 0 Å². The number of aromatic amines is 1. The monoisotopic (exact) mass is 354 g/mol. The van der Waals surface area contributed by atoms with Gasteiger partial charge in [-0.3, -0.25) is 4.79 Å². The molecular formula is C20H26N4O2. The number of hydrogen-bond acceptors (Lipinski definition) is 2. The summed E-state index contributed by atoms with van der Waals surface area (Å²) in [5.74, 6) is 0.220. The second kappa shape index (κ2) is 7.40. The van der Waals surface area contributed by atoms with Gasteiger partial charge in [-0.15, -0.1) is 0 Å². The molecule has 26 heavy (non-hydrogen) atoms. The molecule has 0 saturated carbocycles. The summed E-state index contributed by atoms with van der Waals surface area (Å²) in [6.07, 6.45) is 4.33. The van der Waals surface area contributed by atoms with Gasteiger partial charge in [-0.2, -0.15) is 0 Å². The van der Waals surface area contributed by atoms with E-state index in [-0.39, 0.29) is 11.9 Å². The highest BCUT2D eigenvalue weighted by atomic mass is 16.2. The van der Waals surface area contributed by atoms with Gasteiger partial charge >= 0.3 is 6.03 Å². The van der Waals surface area contributed by atoms with Crippen LogP contribution in [0.5, 0.6) is 0 Å². The molecule has 0 atom stereocenters. The van der Waals surface area contributed by atoms with E-state index in [1.807, 2.05) is 15.9 Å². The molecule has 6 nitrogen and oxygen atoms in total. The van der Waals surface area contributed by atoms with Gasteiger partial charge in [0.1, 0.15) is 0 Å². The number of rotatable bonds is 4. The Morgan fingerprint density at radius 1 is 1.08 bits per heavy atom. The van der Waals surface area contributed by atoms with Gasteiger partial charge in [0.15, 0.2) is 0 Å². The molecule has 1 aromatic carbocycles. The van der Waals surface area contributed by atoms with E-state index in [1.54, 1.807) is 0 Å². The van der Waals surface area contributed by atoms with Crippen molar-refractivity contribution >= 4 is 22.8 Å². The molecule has 2 aromatic rings. The molecule has 0 radical (unpaired) electrons. The van der Waals surface area contributed by atoms with Crippen LogP contribution < -0.4 is 5.32 Å². The van der Waals surface area contributed by atoms with Gasteiger partial charge in [0.05, 0.1) is 6.54 Å². The Balaban J connectivity index is 1.26. The number of amides is 3. The second-order valence-electron chi connectivity index (χ2n) is 7.22. The lowest BCUT2D eigenvalue weighted by Gasteiger charge is -2.27. The van der Waals surface area contributed by atoms with Crippen LogP contribution in [-0.2, 0) is 17.8 Å². The Morgan fingerprint density at radius 2 is 1.88 bits per heavy atom. The summed E-state index contributed by atoms with van der Waals surface area (Å²) < 4.78 is 0. The number of hydrogen-bond donors (Lipinski definition) is 2. The average Bonchev–Trinajstić information content (AvgIpc) is 3.32. The predicted molar refractivity (Wildman–Crippen MR) is 101 cm³/mol. The molecule has 0 spiro atoms. The number of carbonyl (C=O) groups is 2. The highest BCUT2D eigenvalue weighted by molar-refractivity contribution is 5.85. The molecule has 3 amide bonds. The van der Waals surface area contributed by atoms with Crippen molar-refractivity contribution in [3.05, 3.63) is 35.5 Å². The Bertz CT molecular complexity index is 807. The van der Waals surface area contributed by atoms with Gasteiger partial charge in [-0.25, -0.2) is 4.79 Å². The Kier molecular flexibility index (Phi) is 4.82. The van der Waals surface area contributed by atoms with Crippen LogP contribution in [0.3, 0.4) is 0 Å². The van der Waals surface area contributed by atoms with Crippen LogP contribution in [0.4, 0.5) is 4.79 Å². The zero-order valence-electron chi connectivity index (χ0n) is 15.1. The lowest BCUT2D eigenvalue weighted by Crippen LogP contribution is -2.43. The maximum Gasteiger partial charge on any atom is 0.317 e. The molecular weight excluding hydrogens is 328 g/mol. The fourth-order valence-corrected chi connectivity index (χ4v) is 4.04. The van der Waals surface area contributed by atoms with Crippen LogP contribution in [0, 0.1) is 0 Å². The molecule has 6 heteroatoms. The van der Waals surface area contributed by atoms with Crippen molar-refractivity contribution in [1.82, 2.24) is 20.1 Å². The summed E-state index contributed by atoms with van der Waals surface area (Å²) >= 11 is 0. The Hall–Kier alpha value is -2.50. The predicted octanol–water partition coefficient (Wildman–Crippen LogP) is 2.64. The first-order valence-electron chi connectivity index (χ1n) is 9.61. The minimum atomic E-state index is -0.0390. The zero-order chi connectivity index (χ0) is 17.9. The van der Waals surface area contributed by atoms with Gasteiger partial charge < -0.3 is 20.1 Å². The molecule has 4 rings (SSSR count). The first-order valence-corrected chi connectivity index (χ1v) is 9.61. The third kappa shape index (κ3) is 3.41. The fraction of sp³-hybridized carbons (Fsp3) is 0.500. The van der Waals surface area contributed by atoms with E-state index in [9.17, 15) is 9.59 Å². The maximum atomic E-state index is 12.4. The number of carbonyl (C=O) groups excluding carboxylic acids is 2. The van der Waals surface area contributed by atoms with E-state index in [2.05, 4.69) is 28.5 Å². The van der Waals surface area contributed by atoms with Gasteiger partial charge in [-0.1, -0.05) is 18.2 Å². The van der Waals surface area contributed by atoms with Crippen LogP contribution in [0.2, 0.25) is 0 Å². The molecule has 2 aliphatic rings. The largest absolute Gasteiger partial charge is 0.357 e. The fourth-order valence-electron chi connectivity index (χ4n) is 4.04. The van der Waals surface area contributed by atoms with E-state index in [0.29, 0.717) is 25.9 Å². The maximum absolute atomic E-state index is 12.4. The molecule has 0 bridgehead atoms. The number of nitrogens with zero attached hydrogens (tertiary/aromatic N) is 2. The van der Waals surface area contributed by atoms with Gasteiger partial charge in [0, 0.05) is 49.2 Å². The quantitative estimate of drug-likeness (QED) is 0.829. The average molecular weight is 354 g/mol. The van der Waals surface area contributed by atoms with Crippen LogP contribution >= 0.6 is 0 Å². The third-order valence-electron chi connectivity index (χ3n) is 5.47. The van der Waals surface area contributed by atoms with E-state index in [0.717, 1.165) is 50.1 Å². The first kappa shape index (κ1) is 16.9. The number of nitrogens with one attached hydrogen (secondary N) is 2. The number of H-pyrrole nitrogens is 1. The SMILES string of the molecule is O=C(CCCNC(=O)N1CCc2c([nH]c3ccccc23)C1)N1CCCC1. The standard InChI is InChI=1S/C20H26N4O2/c25-19(23-11-3-4-12-23)8-5-10-21-20(26)24-13-9-16-15-6-1-2-7-17(15)22-18(16)14-24/h1-2,6-7,22H,3-5,8-14H2,(H,21,26). The topological polar surface area (TPSA) is 68.4 Å². The smallest absolute Gasteiger partial charge is 0.317 e. The Labute approximate surface area is 153 Å². The number of aromatic nitrogens is 1. The summed E-state index contributed by atoms with van der Waals surface area (Å²) in [5, 5.41) is 4.23. The Morgan fingerprint density at radius 3 is 2.73 bits per heavy atom. The van der Waals surface area contributed by atoms with Crippen molar-refractivity contribution in [3.8, 4) is 0 Å². The van der Waals surface area contributed by atoms with E-state index < -0.39 is 0 Å². The van der Waals surface area contributed by atoms with E-state index in [1.165, 1.54) is 10.9 Å². The number of fused-ring (bicyclic) bond motifs is 3. The molecule has 1 fully saturated rings. The number of para-hydroxylation sites is 1. The van der Waals surface area contributed by atoms with Crippen molar-refractivity contribution in [2.75, 3.05) is 26.2 Å². The van der Waals surface area contributed by atoms with E-state index >= 15 is 0 Å². The molecule has 0 unspecified atom stereocenters. The number of benzene rings is 1. The van der Waals surface area contributed by atoms with Gasteiger partial charge in [-0.05, 0) is 37.3 Å². The summed E-state index contributed by atoms with van der Waals surface area (Å²) in [6, 6.07) is 8.26. The van der Waals surface area contributed by atoms with Crippen molar-refractivity contribution < 1.29 is 9.59 Å². The molecule has 1 aromatic heterocycles. The lowest BCUT2D eigenvalue weighted by molar-refractivity contribution is -0.130. The molecule has 3 heterocycles. The van der Waals surface area contributed by atoms with Crippen LogP contribution in [0.15, 0.2) is 24.3 Å². The molecule has 2 N–H and O–H groups in total. The number of likely N-dealkylation sites (tertiary alicyclic amines) is 1. The normalized spacial score (nSPS) is 16.8. The summed E-state index contributed by atoms with van der Waals surface area (Å²) in [7, 11) is 0. The molecule has 138 valence electrons. The summed E-state index contributed by atoms with van der Waals surface area (Å²) in [6.45, 7) is 3.68. The van der Waals surface area contributed by atoms with Crippen molar-refractivity contribution in [1.29, 1.82) is 0 Å². The highest BCUT2D eigenvalue weighted by Crippen LogP contribution is 2.27.